The Morgan fingerprint density at radius 1 is 1.35 bits per heavy atom. The van der Waals surface area contributed by atoms with Crippen molar-refractivity contribution in [3.63, 3.8) is 0 Å². The van der Waals surface area contributed by atoms with Gasteiger partial charge in [-0.05, 0) is 55.8 Å². The van der Waals surface area contributed by atoms with Crippen LogP contribution >= 0.6 is 0 Å². The van der Waals surface area contributed by atoms with E-state index in [1.165, 1.54) is 19.3 Å². The third-order valence-electron chi connectivity index (χ3n) is 4.60. The topological polar surface area (TPSA) is 63.8 Å². The van der Waals surface area contributed by atoms with Gasteiger partial charge in [-0.3, -0.25) is 4.98 Å². The lowest BCUT2D eigenvalue weighted by atomic mass is 9.94. The zero-order chi connectivity index (χ0) is 13.5. The first kappa shape index (κ1) is 12.0. The minimum absolute atomic E-state index is 0.230. The molecular weight excluding hydrogens is 252 g/mol. The highest BCUT2D eigenvalue weighted by atomic mass is 16.5. The van der Waals surface area contributed by atoms with Crippen LogP contribution < -0.4 is 5.32 Å². The van der Waals surface area contributed by atoms with Crippen molar-refractivity contribution in [2.75, 3.05) is 6.54 Å². The molecule has 2 aliphatic rings. The third-order valence-corrected chi connectivity index (χ3v) is 4.60. The first-order valence-electron chi connectivity index (χ1n) is 7.31. The van der Waals surface area contributed by atoms with E-state index in [1.807, 2.05) is 19.1 Å². The largest absolute Gasteiger partial charge is 0.337 e. The predicted octanol–water partition coefficient (Wildman–Crippen LogP) is 2.50. The van der Waals surface area contributed by atoms with Crippen molar-refractivity contribution in [2.24, 2.45) is 11.8 Å². The highest BCUT2D eigenvalue weighted by Gasteiger charge is 2.42. The van der Waals surface area contributed by atoms with Crippen LogP contribution in [0.1, 0.15) is 36.8 Å². The predicted molar refractivity (Wildman–Crippen MR) is 73.8 cm³/mol. The van der Waals surface area contributed by atoms with Gasteiger partial charge < -0.3 is 9.84 Å². The average Bonchev–Trinajstić information content (AvgIpc) is 3.14. The molecule has 2 aromatic rings. The Kier molecular flexibility index (Phi) is 2.80. The van der Waals surface area contributed by atoms with E-state index < -0.39 is 0 Å². The maximum atomic E-state index is 5.49. The van der Waals surface area contributed by atoms with Gasteiger partial charge in [-0.1, -0.05) is 11.6 Å². The average molecular weight is 270 g/mol. The van der Waals surface area contributed by atoms with Crippen LogP contribution in [0.15, 0.2) is 22.9 Å². The summed E-state index contributed by atoms with van der Waals surface area (Å²) in [6.45, 7) is 3.11. The van der Waals surface area contributed by atoms with Crippen LogP contribution in [-0.2, 0) is 0 Å². The van der Waals surface area contributed by atoms with E-state index >= 15 is 0 Å². The van der Waals surface area contributed by atoms with Crippen molar-refractivity contribution >= 4 is 0 Å². The van der Waals surface area contributed by atoms with Crippen LogP contribution in [0.2, 0.25) is 0 Å². The minimum atomic E-state index is 0.230. The van der Waals surface area contributed by atoms with Gasteiger partial charge in [-0.25, -0.2) is 0 Å². The summed E-state index contributed by atoms with van der Waals surface area (Å²) in [6.07, 6.45) is 5.70. The monoisotopic (exact) mass is 270 g/mol. The first-order chi connectivity index (χ1) is 9.81. The number of aryl methyl sites for hydroxylation is 1. The second-order valence-electron chi connectivity index (χ2n) is 5.92. The van der Waals surface area contributed by atoms with Gasteiger partial charge in [-0.2, -0.15) is 4.98 Å². The van der Waals surface area contributed by atoms with E-state index in [2.05, 4.69) is 20.4 Å². The van der Waals surface area contributed by atoms with Crippen LogP contribution in [0.5, 0.6) is 0 Å². The molecular formula is C15H18N4O. The van der Waals surface area contributed by atoms with Crippen molar-refractivity contribution in [1.29, 1.82) is 0 Å². The molecule has 1 saturated carbocycles. The van der Waals surface area contributed by atoms with Crippen molar-refractivity contribution in [1.82, 2.24) is 20.4 Å². The standard InChI is InChI=1S/C15H18N4O/c1-9-5-6-16-12(7-9)14-18-15(20-19-14)13-11-4-2-3-10(11)8-17-13/h5-7,10-11,13,17H,2-4,8H2,1H3. The van der Waals surface area contributed by atoms with Crippen LogP contribution in [0, 0.1) is 18.8 Å². The SMILES string of the molecule is Cc1ccnc(-c2noc(C3NCC4CCCC43)n2)c1. The Bertz CT molecular complexity index is 624. The molecule has 5 heteroatoms. The van der Waals surface area contributed by atoms with Crippen LogP contribution in [0.3, 0.4) is 0 Å². The Labute approximate surface area is 117 Å². The number of aromatic nitrogens is 3. The van der Waals surface area contributed by atoms with Gasteiger partial charge in [-0.15, -0.1) is 0 Å². The zero-order valence-electron chi connectivity index (χ0n) is 11.5. The normalized spacial score (nSPS) is 28.8. The summed E-state index contributed by atoms with van der Waals surface area (Å²) in [6, 6.07) is 4.18. The van der Waals surface area contributed by atoms with E-state index in [4.69, 9.17) is 4.52 Å². The molecule has 104 valence electrons. The Morgan fingerprint density at radius 2 is 2.30 bits per heavy atom. The molecule has 0 bridgehead atoms. The Morgan fingerprint density at radius 3 is 3.20 bits per heavy atom. The van der Waals surface area contributed by atoms with E-state index in [0.29, 0.717) is 11.7 Å². The van der Waals surface area contributed by atoms with Gasteiger partial charge in [0.1, 0.15) is 5.69 Å². The molecule has 0 amide bonds. The molecule has 0 radical (unpaired) electrons. The van der Waals surface area contributed by atoms with Gasteiger partial charge in [0.25, 0.3) is 0 Å². The molecule has 2 fully saturated rings. The fourth-order valence-electron chi connectivity index (χ4n) is 3.58. The summed E-state index contributed by atoms with van der Waals surface area (Å²) >= 11 is 0. The van der Waals surface area contributed by atoms with Gasteiger partial charge in [0.05, 0.1) is 6.04 Å². The summed E-state index contributed by atoms with van der Waals surface area (Å²) < 4.78 is 5.49. The zero-order valence-corrected chi connectivity index (χ0v) is 11.5. The number of hydrogen-bond acceptors (Lipinski definition) is 5. The Balaban J connectivity index is 1.62. The second kappa shape index (κ2) is 4.66. The number of pyridine rings is 1. The third kappa shape index (κ3) is 1.93. The van der Waals surface area contributed by atoms with Crippen molar-refractivity contribution in [3.8, 4) is 11.5 Å². The molecule has 20 heavy (non-hydrogen) atoms. The maximum absolute atomic E-state index is 5.49. The quantitative estimate of drug-likeness (QED) is 0.908. The van der Waals surface area contributed by atoms with Crippen molar-refractivity contribution in [2.45, 2.75) is 32.2 Å². The van der Waals surface area contributed by atoms with E-state index in [1.54, 1.807) is 6.20 Å². The summed E-state index contributed by atoms with van der Waals surface area (Å²) in [7, 11) is 0. The molecule has 1 saturated heterocycles. The molecule has 3 atom stereocenters. The van der Waals surface area contributed by atoms with E-state index in [0.717, 1.165) is 29.6 Å². The highest BCUT2D eigenvalue weighted by Crippen LogP contribution is 2.44. The Hall–Kier alpha value is -1.75. The number of rotatable bonds is 2. The summed E-state index contributed by atoms with van der Waals surface area (Å²) in [5, 5.41) is 7.63. The molecule has 0 aromatic carbocycles. The lowest BCUT2D eigenvalue weighted by Crippen LogP contribution is -2.18. The smallest absolute Gasteiger partial charge is 0.244 e. The fourth-order valence-corrected chi connectivity index (χ4v) is 3.58. The van der Waals surface area contributed by atoms with Gasteiger partial charge in [0.15, 0.2) is 0 Å². The molecule has 3 unspecified atom stereocenters. The molecule has 1 aliphatic heterocycles. The van der Waals surface area contributed by atoms with Crippen LogP contribution in [-0.4, -0.2) is 21.7 Å². The second-order valence-corrected chi connectivity index (χ2v) is 5.92. The number of nitrogens with zero attached hydrogens (tertiary/aromatic N) is 3. The maximum Gasteiger partial charge on any atom is 0.244 e. The molecule has 0 spiro atoms. The number of nitrogens with one attached hydrogen (secondary N) is 1. The van der Waals surface area contributed by atoms with Gasteiger partial charge in [0.2, 0.25) is 11.7 Å². The van der Waals surface area contributed by atoms with Crippen LogP contribution in [0.25, 0.3) is 11.5 Å². The lowest BCUT2D eigenvalue weighted by molar-refractivity contribution is 0.302. The number of fused-ring (bicyclic) bond motifs is 1. The van der Waals surface area contributed by atoms with Crippen molar-refractivity contribution < 1.29 is 4.52 Å². The minimum Gasteiger partial charge on any atom is -0.337 e. The molecule has 2 aromatic heterocycles. The molecule has 5 nitrogen and oxygen atoms in total. The summed E-state index contributed by atoms with van der Waals surface area (Å²) in [4.78, 5) is 8.87. The van der Waals surface area contributed by atoms with E-state index in [9.17, 15) is 0 Å². The highest BCUT2D eigenvalue weighted by molar-refractivity contribution is 5.49. The summed E-state index contributed by atoms with van der Waals surface area (Å²) in [5.41, 5.74) is 1.93. The first-order valence-corrected chi connectivity index (χ1v) is 7.31. The molecule has 1 N–H and O–H groups in total. The lowest BCUT2D eigenvalue weighted by Gasteiger charge is -2.13. The summed E-state index contributed by atoms with van der Waals surface area (Å²) in [5.74, 6) is 2.76. The molecule has 4 rings (SSSR count). The fraction of sp³-hybridized carbons (Fsp3) is 0.533. The van der Waals surface area contributed by atoms with Crippen molar-refractivity contribution in [3.05, 3.63) is 29.8 Å². The van der Waals surface area contributed by atoms with Gasteiger partial charge >= 0.3 is 0 Å². The molecule has 3 heterocycles. The number of hydrogen-bond donors (Lipinski definition) is 1. The molecule has 1 aliphatic carbocycles. The van der Waals surface area contributed by atoms with E-state index in [-0.39, 0.29) is 6.04 Å². The van der Waals surface area contributed by atoms with Gasteiger partial charge in [0, 0.05) is 6.20 Å². The van der Waals surface area contributed by atoms with Crippen LogP contribution in [0.4, 0.5) is 0 Å².